The molecule has 126 valence electrons. The molecule has 0 amide bonds. The van der Waals surface area contributed by atoms with E-state index in [0.29, 0.717) is 6.42 Å². The summed E-state index contributed by atoms with van der Waals surface area (Å²) in [7, 11) is 1.67. The Morgan fingerprint density at radius 1 is 1.04 bits per heavy atom. The van der Waals surface area contributed by atoms with Crippen molar-refractivity contribution in [2.75, 3.05) is 7.11 Å². The molecule has 3 aromatic heterocycles. The molecule has 5 aromatic rings. The van der Waals surface area contributed by atoms with Crippen molar-refractivity contribution in [3.05, 3.63) is 88.5 Å². The van der Waals surface area contributed by atoms with Crippen molar-refractivity contribution in [3.8, 4) is 5.75 Å². The summed E-state index contributed by atoms with van der Waals surface area (Å²) in [6.07, 6.45) is 6.07. The van der Waals surface area contributed by atoms with Gasteiger partial charge < -0.3 is 9.14 Å². The maximum Gasteiger partial charge on any atom is 0.192 e. The summed E-state index contributed by atoms with van der Waals surface area (Å²) in [4.78, 5) is 17.2. The Morgan fingerprint density at radius 2 is 1.92 bits per heavy atom. The Hall–Kier alpha value is -3.40. The van der Waals surface area contributed by atoms with Crippen molar-refractivity contribution in [2.24, 2.45) is 0 Å². The van der Waals surface area contributed by atoms with Crippen LogP contribution in [-0.4, -0.2) is 16.5 Å². The molecular weight excluding hydrogens is 324 g/mol. The minimum absolute atomic E-state index is 0.0849. The lowest BCUT2D eigenvalue weighted by Gasteiger charge is -2.06. The Bertz CT molecular complexity index is 1310. The first-order valence-electron chi connectivity index (χ1n) is 8.51. The average Bonchev–Trinajstić information content (AvgIpc) is 3.00. The van der Waals surface area contributed by atoms with Gasteiger partial charge in [0, 0.05) is 52.8 Å². The average molecular weight is 340 g/mol. The highest BCUT2D eigenvalue weighted by molar-refractivity contribution is 6.14. The van der Waals surface area contributed by atoms with E-state index in [9.17, 15) is 4.79 Å². The zero-order chi connectivity index (χ0) is 17.7. The summed E-state index contributed by atoms with van der Waals surface area (Å²) in [6, 6.07) is 15.9. The molecule has 0 spiro atoms. The molecule has 0 saturated carbocycles. The van der Waals surface area contributed by atoms with Crippen LogP contribution in [0.3, 0.4) is 0 Å². The van der Waals surface area contributed by atoms with Crippen LogP contribution in [0.15, 0.2) is 71.9 Å². The van der Waals surface area contributed by atoms with Crippen molar-refractivity contribution in [1.29, 1.82) is 0 Å². The Kier molecular flexibility index (Phi) is 3.19. The maximum absolute atomic E-state index is 13.1. The molecule has 26 heavy (non-hydrogen) atoms. The fraction of sp³-hybridized carbons (Fsp3) is 0.0909. The summed E-state index contributed by atoms with van der Waals surface area (Å²) in [5, 5.41) is 2.96. The molecule has 4 nitrogen and oxygen atoms in total. The van der Waals surface area contributed by atoms with Gasteiger partial charge in [0.05, 0.1) is 18.1 Å². The van der Waals surface area contributed by atoms with Crippen molar-refractivity contribution >= 4 is 27.2 Å². The summed E-state index contributed by atoms with van der Waals surface area (Å²) < 4.78 is 7.52. The summed E-state index contributed by atoms with van der Waals surface area (Å²) >= 11 is 0. The predicted molar refractivity (Wildman–Crippen MR) is 103 cm³/mol. The van der Waals surface area contributed by atoms with Crippen LogP contribution in [0.1, 0.15) is 11.1 Å². The maximum atomic E-state index is 13.1. The molecule has 0 radical (unpaired) electrons. The number of benzene rings is 2. The fourth-order valence-corrected chi connectivity index (χ4v) is 3.76. The molecule has 0 fully saturated rings. The van der Waals surface area contributed by atoms with Crippen molar-refractivity contribution < 1.29 is 4.74 Å². The van der Waals surface area contributed by atoms with E-state index in [1.807, 2.05) is 42.6 Å². The van der Waals surface area contributed by atoms with Crippen LogP contribution in [0.2, 0.25) is 0 Å². The monoisotopic (exact) mass is 340 g/mol. The highest BCUT2D eigenvalue weighted by Gasteiger charge is 2.16. The molecule has 5 rings (SSSR count). The van der Waals surface area contributed by atoms with Gasteiger partial charge in [-0.2, -0.15) is 0 Å². The molecular formula is C22H16N2O2. The number of para-hydroxylation sites is 1. The van der Waals surface area contributed by atoms with Crippen molar-refractivity contribution in [3.63, 3.8) is 0 Å². The largest absolute Gasteiger partial charge is 0.497 e. The first kappa shape index (κ1) is 14.9. The van der Waals surface area contributed by atoms with E-state index in [0.717, 1.165) is 44.1 Å². The fourth-order valence-electron chi connectivity index (χ4n) is 3.76. The standard InChI is InChI=1S/C22H16N2O2/c1-26-16-7-8-17-18-5-2-6-19-21(18)24(20(17)11-16)13-15(22(19)25)10-14-4-3-9-23-12-14/h2-9,11-13H,10H2,1H3. The SMILES string of the molecule is COc1ccc2c3cccc4c(=O)c(Cc5cccnc5)cn(c2c1)c43. The topological polar surface area (TPSA) is 43.6 Å². The van der Waals surface area contributed by atoms with Gasteiger partial charge in [0.25, 0.3) is 0 Å². The molecule has 0 saturated heterocycles. The molecule has 4 heteroatoms. The third-order valence-electron chi connectivity index (χ3n) is 4.97. The van der Waals surface area contributed by atoms with Gasteiger partial charge >= 0.3 is 0 Å². The summed E-state index contributed by atoms with van der Waals surface area (Å²) in [6.45, 7) is 0. The molecule has 0 aliphatic carbocycles. The molecule has 0 aliphatic heterocycles. The van der Waals surface area contributed by atoms with E-state index >= 15 is 0 Å². The van der Waals surface area contributed by atoms with Gasteiger partial charge in [-0.25, -0.2) is 0 Å². The van der Waals surface area contributed by atoms with Crippen LogP contribution < -0.4 is 10.2 Å². The number of hydrogen-bond acceptors (Lipinski definition) is 3. The van der Waals surface area contributed by atoms with Gasteiger partial charge in [-0.15, -0.1) is 0 Å². The summed E-state index contributed by atoms with van der Waals surface area (Å²) in [5.74, 6) is 0.803. The van der Waals surface area contributed by atoms with Gasteiger partial charge in [0.1, 0.15) is 5.75 Å². The summed E-state index contributed by atoms with van der Waals surface area (Å²) in [5.41, 5.74) is 3.88. The van der Waals surface area contributed by atoms with Gasteiger partial charge in [-0.05, 0) is 29.8 Å². The lowest BCUT2D eigenvalue weighted by molar-refractivity contribution is 0.415. The number of rotatable bonds is 3. The zero-order valence-corrected chi connectivity index (χ0v) is 14.3. The van der Waals surface area contributed by atoms with E-state index in [1.165, 1.54) is 0 Å². The second kappa shape index (κ2) is 5.56. The first-order valence-corrected chi connectivity index (χ1v) is 8.51. The predicted octanol–water partition coefficient (Wildman–Crippen LogP) is 4.04. The Labute approximate surface area is 149 Å². The quantitative estimate of drug-likeness (QED) is 0.498. The number of fused-ring (bicyclic) bond motifs is 3. The van der Waals surface area contributed by atoms with E-state index in [1.54, 1.807) is 19.5 Å². The Morgan fingerprint density at radius 3 is 2.73 bits per heavy atom. The van der Waals surface area contributed by atoms with Crippen molar-refractivity contribution in [2.45, 2.75) is 6.42 Å². The van der Waals surface area contributed by atoms with Gasteiger partial charge in [-0.3, -0.25) is 9.78 Å². The molecule has 0 aliphatic rings. The minimum Gasteiger partial charge on any atom is -0.497 e. The number of pyridine rings is 2. The first-order chi connectivity index (χ1) is 12.8. The van der Waals surface area contributed by atoms with Gasteiger partial charge in [-0.1, -0.05) is 18.2 Å². The number of ether oxygens (including phenoxy) is 1. The lowest BCUT2D eigenvalue weighted by atomic mass is 10.0. The lowest BCUT2D eigenvalue weighted by Crippen LogP contribution is -2.12. The van der Waals surface area contributed by atoms with Crippen LogP contribution in [-0.2, 0) is 6.42 Å². The minimum atomic E-state index is 0.0849. The Balaban J connectivity index is 1.87. The zero-order valence-electron chi connectivity index (χ0n) is 14.3. The van der Waals surface area contributed by atoms with Gasteiger partial charge in [0.15, 0.2) is 5.43 Å². The third kappa shape index (κ3) is 2.09. The smallest absolute Gasteiger partial charge is 0.192 e. The molecule has 0 bridgehead atoms. The number of methoxy groups -OCH3 is 1. The van der Waals surface area contributed by atoms with Gasteiger partial charge in [0.2, 0.25) is 0 Å². The number of nitrogens with zero attached hydrogens (tertiary/aromatic N) is 2. The highest BCUT2D eigenvalue weighted by atomic mass is 16.5. The molecule has 3 heterocycles. The number of aromatic nitrogens is 2. The second-order valence-corrected chi connectivity index (χ2v) is 6.48. The molecule has 0 atom stereocenters. The normalized spacial score (nSPS) is 11.6. The van der Waals surface area contributed by atoms with Crippen LogP contribution in [0, 0.1) is 0 Å². The second-order valence-electron chi connectivity index (χ2n) is 6.48. The van der Waals surface area contributed by atoms with E-state index in [-0.39, 0.29) is 5.43 Å². The van der Waals surface area contributed by atoms with Crippen molar-refractivity contribution in [1.82, 2.24) is 9.38 Å². The van der Waals surface area contributed by atoms with Crippen LogP contribution in [0.4, 0.5) is 0 Å². The molecule has 0 unspecified atom stereocenters. The van der Waals surface area contributed by atoms with E-state index in [4.69, 9.17) is 4.74 Å². The molecule has 2 aromatic carbocycles. The molecule has 0 N–H and O–H groups in total. The van der Waals surface area contributed by atoms with Crippen LogP contribution in [0.5, 0.6) is 5.75 Å². The highest BCUT2D eigenvalue weighted by Crippen LogP contribution is 2.33. The van der Waals surface area contributed by atoms with Crippen LogP contribution in [0.25, 0.3) is 27.2 Å². The van der Waals surface area contributed by atoms with E-state index in [2.05, 4.69) is 21.5 Å². The van der Waals surface area contributed by atoms with E-state index < -0.39 is 0 Å². The van der Waals surface area contributed by atoms with Crippen LogP contribution >= 0.6 is 0 Å². The third-order valence-corrected chi connectivity index (χ3v) is 4.97. The number of hydrogen-bond donors (Lipinski definition) is 0.